The molecule has 0 heterocycles. The summed E-state index contributed by atoms with van der Waals surface area (Å²) >= 11 is 3.54. The first-order valence-electron chi connectivity index (χ1n) is 6.89. The van der Waals surface area contributed by atoms with E-state index >= 15 is 0 Å². The zero-order chi connectivity index (χ0) is 15.0. The second-order valence-electron chi connectivity index (χ2n) is 5.59. The predicted octanol–water partition coefficient (Wildman–Crippen LogP) is 3.48. The van der Waals surface area contributed by atoms with Crippen molar-refractivity contribution < 1.29 is 5.21 Å². The van der Waals surface area contributed by atoms with Crippen LogP contribution in [0.15, 0.2) is 33.9 Å². The van der Waals surface area contributed by atoms with Crippen LogP contribution in [-0.4, -0.2) is 17.6 Å². The molecule has 0 spiro atoms. The van der Waals surface area contributed by atoms with Crippen LogP contribution >= 0.6 is 15.9 Å². The molecular formula is C15H24BrN3O. The lowest BCUT2D eigenvalue weighted by atomic mass is 9.86. The van der Waals surface area contributed by atoms with Gasteiger partial charge in [-0.3, -0.25) is 0 Å². The molecule has 4 N–H and O–H groups in total. The molecule has 0 amide bonds. The first-order chi connectivity index (χ1) is 9.47. The molecule has 112 valence electrons. The van der Waals surface area contributed by atoms with Crippen LogP contribution < -0.4 is 11.1 Å². The lowest BCUT2D eigenvalue weighted by molar-refractivity contribution is 0.304. The highest BCUT2D eigenvalue weighted by Gasteiger charge is 2.22. The van der Waals surface area contributed by atoms with Crippen molar-refractivity contribution in [1.82, 2.24) is 5.32 Å². The number of nitrogens with zero attached hydrogens (tertiary/aromatic N) is 1. The fourth-order valence-corrected chi connectivity index (χ4v) is 2.37. The third-order valence-electron chi connectivity index (χ3n) is 3.48. The molecule has 5 heteroatoms. The normalized spacial score (nSPS) is 12.7. The van der Waals surface area contributed by atoms with Gasteiger partial charge in [-0.25, -0.2) is 0 Å². The molecule has 0 atom stereocenters. The van der Waals surface area contributed by atoms with Crippen molar-refractivity contribution in [3.05, 3.63) is 34.3 Å². The summed E-state index contributed by atoms with van der Waals surface area (Å²) in [6.07, 6.45) is 3.04. The molecule has 20 heavy (non-hydrogen) atoms. The number of nitrogens with two attached hydrogens (primary N) is 1. The Labute approximate surface area is 129 Å². The van der Waals surface area contributed by atoms with Crippen molar-refractivity contribution in [2.45, 2.75) is 39.7 Å². The van der Waals surface area contributed by atoms with Gasteiger partial charge in [0.2, 0.25) is 0 Å². The zero-order valence-corrected chi connectivity index (χ0v) is 13.8. The Hall–Kier alpha value is -1.07. The molecule has 0 aliphatic carbocycles. The Morgan fingerprint density at radius 3 is 2.70 bits per heavy atom. The van der Waals surface area contributed by atoms with Crippen LogP contribution in [0, 0.1) is 5.41 Å². The highest BCUT2D eigenvalue weighted by Crippen LogP contribution is 2.23. The van der Waals surface area contributed by atoms with Crippen LogP contribution in [0.2, 0.25) is 0 Å². The molecule has 0 saturated carbocycles. The second-order valence-corrected chi connectivity index (χ2v) is 6.45. The summed E-state index contributed by atoms with van der Waals surface area (Å²) in [4.78, 5) is 0. The number of hydrogen-bond acceptors (Lipinski definition) is 3. The van der Waals surface area contributed by atoms with E-state index in [0.717, 1.165) is 36.8 Å². The van der Waals surface area contributed by atoms with Gasteiger partial charge in [-0.15, -0.1) is 0 Å². The van der Waals surface area contributed by atoms with E-state index in [1.54, 1.807) is 0 Å². The molecular weight excluding hydrogens is 318 g/mol. The lowest BCUT2D eigenvalue weighted by Crippen LogP contribution is -2.32. The predicted molar refractivity (Wildman–Crippen MR) is 86.9 cm³/mol. The summed E-state index contributed by atoms with van der Waals surface area (Å²) in [6, 6.07) is 8.22. The molecule has 0 aromatic heterocycles. The maximum atomic E-state index is 8.71. The fraction of sp³-hybridized carbons (Fsp3) is 0.533. The zero-order valence-electron chi connectivity index (χ0n) is 12.2. The minimum absolute atomic E-state index is 0.239. The van der Waals surface area contributed by atoms with Gasteiger partial charge in [-0.2, -0.15) is 0 Å². The number of nitrogens with one attached hydrogen (secondary N) is 1. The van der Waals surface area contributed by atoms with Gasteiger partial charge < -0.3 is 16.3 Å². The van der Waals surface area contributed by atoms with Crippen molar-refractivity contribution in [3.8, 4) is 0 Å². The third-order valence-corrected chi connectivity index (χ3v) is 4.25. The minimum Gasteiger partial charge on any atom is -0.409 e. The van der Waals surface area contributed by atoms with Gasteiger partial charge >= 0.3 is 0 Å². The molecule has 1 aromatic carbocycles. The molecule has 1 aromatic rings. The van der Waals surface area contributed by atoms with E-state index in [1.165, 1.54) is 5.56 Å². The number of halogens is 1. The highest BCUT2D eigenvalue weighted by atomic mass is 79.9. The summed E-state index contributed by atoms with van der Waals surface area (Å²) in [5.41, 5.74) is 6.69. The number of benzene rings is 1. The van der Waals surface area contributed by atoms with E-state index in [4.69, 9.17) is 10.9 Å². The molecule has 0 unspecified atom stereocenters. The van der Waals surface area contributed by atoms with Gasteiger partial charge in [0, 0.05) is 16.4 Å². The van der Waals surface area contributed by atoms with E-state index in [0.29, 0.717) is 5.84 Å². The molecule has 4 nitrogen and oxygen atoms in total. The van der Waals surface area contributed by atoms with Crippen LogP contribution in [0.25, 0.3) is 0 Å². The topological polar surface area (TPSA) is 70.6 Å². The van der Waals surface area contributed by atoms with Gasteiger partial charge in [0.15, 0.2) is 0 Å². The lowest BCUT2D eigenvalue weighted by Gasteiger charge is -2.22. The largest absolute Gasteiger partial charge is 0.409 e. The Kier molecular flexibility index (Phi) is 7.02. The van der Waals surface area contributed by atoms with Gasteiger partial charge in [-0.1, -0.05) is 59.6 Å². The van der Waals surface area contributed by atoms with E-state index < -0.39 is 0 Å². The Balaban J connectivity index is 2.19. The number of oxime groups is 1. The van der Waals surface area contributed by atoms with Crippen molar-refractivity contribution in [2.75, 3.05) is 6.54 Å². The summed E-state index contributed by atoms with van der Waals surface area (Å²) in [7, 11) is 0. The van der Waals surface area contributed by atoms with Gasteiger partial charge in [0.05, 0.1) is 0 Å². The first-order valence-corrected chi connectivity index (χ1v) is 7.69. The molecule has 0 aliphatic heterocycles. The molecule has 0 bridgehead atoms. The van der Waals surface area contributed by atoms with E-state index in [9.17, 15) is 0 Å². The summed E-state index contributed by atoms with van der Waals surface area (Å²) in [5, 5.41) is 15.2. The van der Waals surface area contributed by atoms with Gasteiger partial charge in [0.25, 0.3) is 0 Å². The highest BCUT2D eigenvalue weighted by molar-refractivity contribution is 9.10. The van der Waals surface area contributed by atoms with Crippen LogP contribution in [0.1, 0.15) is 38.7 Å². The van der Waals surface area contributed by atoms with Gasteiger partial charge in [0.1, 0.15) is 5.84 Å². The fourth-order valence-electron chi connectivity index (χ4n) is 1.95. The number of amidine groups is 1. The first kappa shape index (κ1) is 17.0. The van der Waals surface area contributed by atoms with Crippen LogP contribution in [-0.2, 0) is 6.54 Å². The van der Waals surface area contributed by atoms with Crippen molar-refractivity contribution in [2.24, 2.45) is 16.3 Å². The number of unbranched alkanes of at least 4 members (excludes halogenated alkanes) is 1. The van der Waals surface area contributed by atoms with E-state index in [1.807, 2.05) is 26.0 Å². The summed E-state index contributed by atoms with van der Waals surface area (Å²) in [6.45, 7) is 5.83. The van der Waals surface area contributed by atoms with Crippen LogP contribution in [0.3, 0.4) is 0 Å². The standard InChI is InChI=1S/C15H24BrN3O/c1-15(2,14(17)19-20)9-5-6-10-18-11-12-7-3-4-8-13(12)16/h3-4,7-8,18,20H,5-6,9-11H2,1-2H3,(H2,17,19). The summed E-state index contributed by atoms with van der Waals surface area (Å²) in [5.74, 6) is 0.304. The van der Waals surface area contributed by atoms with E-state index in [-0.39, 0.29) is 5.41 Å². The van der Waals surface area contributed by atoms with E-state index in [2.05, 4.69) is 38.5 Å². The SMILES string of the molecule is CC(C)(CCCCNCc1ccccc1Br)/C(N)=N/O. The quantitative estimate of drug-likeness (QED) is 0.223. The van der Waals surface area contributed by atoms with Crippen LogP contribution in [0.4, 0.5) is 0 Å². The molecule has 0 fully saturated rings. The van der Waals surface area contributed by atoms with Gasteiger partial charge in [-0.05, 0) is 31.0 Å². The number of rotatable bonds is 8. The average molecular weight is 342 g/mol. The van der Waals surface area contributed by atoms with Crippen molar-refractivity contribution in [3.63, 3.8) is 0 Å². The molecule has 0 saturated heterocycles. The monoisotopic (exact) mass is 341 g/mol. The maximum absolute atomic E-state index is 8.71. The third kappa shape index (κ3) is 5.51. The Bertz CT molecular complexity index is 446. The molecule has 1 rings (SSSR count). The van der Waals surface area contributed by atoms with Crippen molar-refractivity contribution >= 4 is 21.8 Å². The smallest absolute Gasteiger partial charge is 0.144 e. The average Bonchev–Trinajstić information content (AvgIpc) is 2.43. The van der Waals surface area contributed by atoms with Crippen LogP contribution in [0.5, 0.6) is 0 Å². The Morgan fingerprint density at radius 1 is 1.35 bits per heavy atom. The molecule has 0 radical (unpaired) electrons. The molecule has 0 aliphatic rings. The number of hydrogen-bond donors (Lipinski definition) is 3. The summed E-state index contributed by atoms with van der Waals surface area (Å²) < 4.78 is 1.14. The maximum Gasteiger partial charge on any atom is 0.144 e. The Morgan fingerprint density at radius 2 is 2.05 bits per heavy atom. The van der Waals surface area contributed by atoms with Crippen molar-refractivity contribution in [1.29, 1.82) is 0 Å². The second kappa shape index (κ2) is 8.27. The minimum atomic E-state index is -0.239.